The highest BCUT2D eigenvalue weighted by molar-refractivity contribution is 5.85. The smallest absolute Gasteiger partial charge is 0.366 e. The van der Waals surface area contributed by atoms with E-state index in [2.05, 4.69) is 0 Å². The highest BCUT2D eigenvalue weighted by Gasteiger charge is 2.29. The summed E-state index contributed by atoms with van der Waals surface area (Å²) < 4.78 is 36.8. The van der Waals surface area contributed by atoms with Gasteiger partial charge in [0.15, 0.2) is 0 Å². The molecule has 0 fully saturated rings. The zero-order valence-corrected chi connectivity index (χ0v) is 9.33. The molecular formula is C13H12F3N. The number of nitrogens with zero attached hydrogens (tertiary/aromatic N) is 1. The molecule has 0 aromatic heterocycles. The van der Waals surface area contributed by atoms with E-state index < -0.39 is 12.7 Å². The topological polar surface area (TPSA) is 3.24 Å². The van der Waals surface area contributed by atoms with Crippen molar-refractivity contribution in [3.05, 3.63) is 42.5 Å². The summed E-state index contributed by atoms with van der Waals surface area (Å²) in [5.41, 5.74) is 0.570. The average Bonchev–Trinajstić information content (AvgIpc) is 2.26. The molecule has 2 aromatic carbocycles. The molecular weight excluding hydrogens is 227 g/mol. The van der Waals surface area contributed by atoms with Crippen molar-refractivity contribution in [3.8, 4) is 0 Å². The van der Waals surface area contributed by atoms with Crippen LogP contribution < -0.4 is 4.90 Å². The first-order valence-corrected chi connectivity index (χ1v) is 5.22. The van der Waals surface area contributed by atoms with E-state index in [-0.39, 0.29) is 0 Å². The molecule has 0 heterocycles. The van der Waals surface area contributed by atoms with E-state index in [9.17, 15) is 13.2 Å². The Kier molecular flexibility index (Phi) is 2.96. The van der Waals surface area contributed by atoms with Crippen molar-refractivity contribution >= 4 is 16.5 Å². The van der Waals surface area contributed by atoms with Crippen molar-refractivity contribution in [1.29, 1.82) is 0 Å². The summed E-state index contributed by atoms with van der Waals surface area (Å²) in [5, 5.41) is 1.97. The highest BCUT2D eigenvalue weighted by Crippen LogP contribution is 2.24. The summed E-state index contributed by atoms with van der Waals surface area (Å²) in [6.07, 6.45) is -4.18. The fourth-order valence-electron chi connectivity index (χ4n) is 1.77. The van der Waals surface area contributed by atoms with E-state index in [0.29, 0.717) is 5.69 Å². The van der Waals surface area contributed by atoms with Gasteiger partial charge in [0.25, 0.3) is 0 Å². The molecule has 17 heavy (non-hydrogen) atoms. The van der Waals surface area contributed by atoms with E-state index in [1.165, 1.54) is 11.9 Å². The van der Waals surface area contributed by atoms with Gasteiger partial charge in [-0.3, -0.25) is 0 Å². The lowest BCUT2D eigenvalue weighted by Gasteiger charge is -2.21. The normalized spacial score (nSPS) is 11.8. The molecule has 0 N–H and O–H groups in total. The van der Waals surface area contributed by atoms with Crippen molar-refractivity contribution in [2.75, 3.05) is 18.5 Å². The molecule has 0 saturated heterocycles. The second-order valence-corrected chi connectivity index (χ2v) is 4.00. The van der Waals surface area contributed by atoms with Crippen LogP contribution in [-0.4, -0.2) is 19.8 Å². The van der Waals surface area contributed by atoms with Crippen LogP contribution in [0.4, 0.5) is 18.9 Å². The van der Waals surface area contributed by atoms with Crippen molar-refractivity contribution in [2.45, 2.75) is 6.18 Å². The minimum atomic E-state index is -4.18. The van der Waals surface area contributed by atoms with Crippen LogP contribution in [0.15, 0.2) is 42.5 Å². The average molecular weight is 239 g/mol. The van der Waals surface area contributed by atoms with Crippen LogP contribution in [0.3, 0.4) is 0 Å². The van der Waals surface area contributed by atoms with Gasteiger partial charge in [-0.05, 0) is 22.9 Å². The standard InChI is InChI=1S/C13H12F3N/c1-17(9-13(14,15)16)12-7-6-10-4-2-3-5-11(10)8-12/h2-8H,9H2,1H3. The Labute approximate surface area is 97.5 Å². The summed E-state index contributed by atoms with van der Waals surface area (Å²) in [5.74, 6) is 0. The maximum Gasteiger partial charge on any atom is 0.405 e. The molecule has 0 spiro atoms. The van der Waals surface area contributed by atoms with Gasteiger partial charge in [0.05, 0.1) is 0 Å². The Morgan fingerprint density at radius 1 is 1.00 bits per heavy atom. The Bertz CT molecular complexity index is 519. The van der Waals surface area contributed by atoms with Crippen LogP contribution in [0, 0.1) is 0 Å². The first-order valence-electron chi connectivity index (χ1n) is 5.22. The van der Waals surface area contributed by atoms with Crippen LogP contribution in [0.1, 0.15) is 0 Å². The van der Waals surface area contributed by atoms with Crippen molar-refractivity contribution in [1.82, 2.24) is 0 Å². The summed E-state index contributed by atoms with van der Waals surface area (Å²) >= 11 is 0. The summed E-state index contributed by atoms with van der Waals surface area (Å²) in [6.45, 7) is -0.939. The molecule has 0 aliphatic rings. The minimum Gasteiger partial charge on any atom is -0.366 e. The van der Waals surface area contributed by atoms with Crippen molar-refractivity contribution in [3.63, 3.8) is 0 Å². The van der Waals surface area contributed by atoms with Crippen LogP contribution in [-0.2, 0) is 0 Å². The minimum absolute atomic E-state index is 0.570. The zero-order chi connectivity index (χ0) is 12.5. The molecule has 90 valence electrons. The number of hydrogen-bond donors (Lipinski definition) is 0. The Balaban J connectivity index is 2.30. The van der Waals surface area contributed by atoms with Gasteiger partial charge >= 0.3 is 6.18 Å². The fraction of sp³-hybridized carbons (Fsp3) is 0.231. The molecule has 0 aliphatic carbocycles. The van der Waals surface area contributed by atoms with E-state index in [1.807, 2.05) is 30.3 Å². The van der Waals surface area contributed by atoms with Gasteiger partial charge < -0.3 is 4.90 Å². The van der Waals surface area contributed by atoms with Crippen molar-refractivity contribution in [2.24, 2.45) is 0 Å². The number of benzene rings is 2. The molecule has 4 heteroatoms. The third-order valence-electron chi connectivity index (χ3n) is 2.59. The molecule has 2 rings (SSSR count). The molecule has 0 bridgehead atoms. The Hall–Kier alpha value is -1.71. The maximum atomic E-state index is 12.3. The van der Waals surface area contributed by atoms with Gasteiger partial charge in [-0.15, -0.1) is 0 Å². The van der Waals surface area contributed by atoms with Gasteiger partial charge in [0.1, 0.15) is 6.54 Å². The number of anilines is 1. The molecule has 0 unspecified atom stereocenters. The third kappa shape index (κ3) is 2.90. The summed E-state index contributed by atoms with van der Waals surface area (Å²) in [7, 11) is 1.44. The van der Waals surface area contributed by atoms with Gasteiger partial charge in [-0.25, -0.2) is 0 Å². The molecule has 1 nitrogen and oxygen atoms in total. The van der Waals surface area contributed by atoms with Crippen LogP contribution >= 0.6 is 0 Å². The number of fused-ring (bicyclic) bond motifs is 1. The predicted octanol–water partition coefficient (Wildman–Crippen LogP) is 3.84. The maximum absolute atomic E-state index is 12.3. The van der Waals surface area contributed by atoms with Gasteiger partial charge in [0, 0.05) is 12.7 Å². The Morgan fingerprint density at radius 2 is 1.65 bits per heavy atom. The number of hydrogen-bond acceptors (Lipinski definition) is 1. The molecule has 0 radical (unpaired) electrons. The predicted molar refractivity (Wildman–Crippen MR) is 63.3 cm³/mol. The van der Waals surface area contributed by atoms with Crippen LogP contribution in [0.25, 0.3) is 10.8 Å². The van der Waals surface area contributed by atoms with E-state index in [4.69, 9.17) is 0 Å². The first kappa shape index (κ1) is 11.8. The van der Waals surface area contributed by atoms with Gasteiger partial charge in [-0.2, -0.15) is 13.2 Å². The monoisotopic (exact) mass is 239 g/mol. The fourth-order valence-corrected chi connectivity index (χ4v) is 1.77. The largest absolute Gasteiger partial charge is 0.405 e. The lowest BCUT2D eigenvalue weighted by molar-refractivity contribution is -0.119. The second kappa shape index (κ2) is 4.28. The summed E-state index contributed by atoms with van der Waals surface area (Å²) in [4.78, 5) is 1.20. The zero-order valence-electron chi connectivity index (χ0n) is 9.33. The highest BCUT2D eigenvalue weighted by atomic mass is 19.4. The third-order valence-corrected chi connectivity index (χ3v) is 2.59. The number of rotatable bonds is 2. The molecule has 2 aromatic rings. The van der Waals surface area contributed by atoms with Gasteiger partial charge in [-0.1, -0.05) is 30.3 Å². The quantitative estimate of drug-likeness (QED) is 0.769. The van der Waals surface area contributed by atoms with E-state index in [1.54, 1.807) is 12.1 Å². The van der Waals surface area contributed by atoms with E-state index in [0.717, 1.165) is 10.8 Å². The SMILES string of the molecule is CN(CC(F)(F)F)c1ccc2ccccc2c1. The number of alkyl halides is 3. The van der Waals surface area contributed by atoms with E-state index >= 15 is 0 Å². The molecule has 0 atom stereocenters. The molecule has 0 aliphatic heterocycles. The molecule has 0 saturated carbocycles. The first-order chi connectivity index (χ1) is 7.96. The van der Waals surface area contributed by atoms with Crippen LogP contribution in [0.5, 0.6) is 0 Å². The lowest BCUT2D eigenvalue weighted by atomic mass is 10.1. The summed E-state index contributed by atoms with van der Waals surface area (Å²) in [6, 6.07) is 12.9. The van der Waals surface area contributed by atoms with Crippen molar-refractivity contribution < 1.29 is 13.2 Å². The molecule has 0 amide bonds. The Morgan fingerprint density at radius 3 is 2.29 bits per heavy atom. The van der Waals surface area contributed by atoms with Gasteiger partial charge in [0.2, 0.25) is 0 Å². The lowest BCUT2D eigenvalue weighted by Crippen LogP contribution is -2.30. The van der Waals surface area contributed by atoms with Crippen LogP contribution in [0.2, 0.25) is 0 Å². The number of halogens is 3. The second-order valence-electron chi connectivity index (χ2n) is 4.00.